The second kappa shape index (κ2) is 8.81. The van der Waals surface area contributed by atoms with Crippen molar-refractivity contribution in [2.75, 3.05) is 5.32 Å². The highest BCUT2D eigenvalue weighted by Crippen LogP contribution is 2.29. The maximum Gasteiger partial charge on any atom is 0.218 e. The summed E-state index contributed by atoms with van der Waals surface area (Å²) < 4.78 is 15.4. The number of hydrogen-bond donors (Lipinski definition) is 3. The average molecular weight is 490 g/mol. The van der Waals surface area contributed by atoms with Gasteiger partial charge in [0.1, 0.15) is 29.8 Å². The first-order chi connectivity index (χ1) is 14.8. The molecule has 0 radical (unpaired) electrons. The smallest absolute Gasteiger partial charge is 0.218 e. The van der Waals surface area contributed by atoms with E-state index in [0.717, 1.165) is 5.56 Å². The van der Waals surface area contributed by atoms with E-state index in [1.807, 2.05) is 6.92 Å². The molecule has 162 valence electrons. The predicted octanol–water partition coefficient (Wildman–Crippen LogP) is 2.40. The van der Waals surface area contributed by atoms with E-state index in [9.17, 15) is 19.4 Å². The van der Waals surface area contributed by atoms with E-state index in [1.54, 1.807) is 29.1 Å². The number of aliphatic hydroxyl groups is 2. The molecule has 4 rings (SSSR count). The molecule has 3 N–H and O–H groups in total. The Morgan fingerprint density at radius 1 is 1.32 bits per heavy atom. The average Bonchev–Trinajstić information content (AvgIpc) is 3.31. The molecule has 0 bridgehead atoms. The Hall–Kier alpha value is -2.69. The number of hydrogen-bond acceptors (Lipinski definition) is 7. The summed E-state index contributed by atoms with van der Waals surface area (Å²) in [6.45, 7) is 2.22. The summed E-state index contributed by atoms with van der Waals surface area (Å²) in [6, 6.07) is 5.84. The number of nitrogens with zero attached hydrogens (tertiary/aromatic N) is 4. The van der Waals surface area contributed by atoms with Crippen molar-refractivity contribution in [3.05, 3.63) is 70.1 Å². The van der Waals surface area contributed by atoms with Gasteiger partial charge in [-0.05, 0) is 52.0 Å². The molecule has 3 aromatic rings. The van der Waals surface area contributed by atoms with E-state index in [0.29, 0.717) is 17.4 Å². The standard InChI is InChI=1S/C21H21BrFN5O3/c1-11-6-17(20(31)18(11)29)26-21-13(8-24-10-25-21)19(30)16-4-5-28(27-16)9-12-2-3-15(23)14(22)7-12/h2-5,7-8,10-11,17-18,20,29,31H,6,9H2,1H3,(H,24,25,26)/t11-,17-,18-,20+/m1/s1. The van der Waals surface area contributed by atoms with Gasteiger partial charge in [-0.3, -0.25) is 9.48 Å². The molecule has 10 heteroatoms. The molecule has 1 fully saturated rings. The summed E-state index contributed by atoms with van der Waals surface area (Å²) in [5.74, 6) is -0.514. The van der Waals surface area contributed by atoms with Crippen LogP contribution in [0, 0.1) is 11.7 Å². The Labute approximate surface area is 186 Å². The van der Waals surface area contributed by atoms with E-state index in [4.69, 9.17) is 0 Å². The number of aliphatic hydroxyl groups excluding tert-OH is 2. The van der Waals surface area contributed by atoms with Crippen molar-refractivity contribution in [3.8, 4) is 0 Å². The first-order valence-corrected chi connectivity index (χ1v) is 10.6. The van der Waals surface area contributed by atoms with E-state index < -0.39 is 18.2 Å². The number of rotatable bonds is 6. The van der Waals surface area contributed by atoms with Gasteiger partial charge in [0.15, 0.2) is 0 Å². The van der Waals surface area contributed by atoms with Crippen LogP contribution in [-0.2, 0) is 6.54 Å². The van der Waals surface area contributed by atoms with Gasteiger partial charge in [0.25, 0.3) is 0 Å². The zero-order valence-electron chi connectivity index (χ0n) is 16.6. The Morgan fingerprint density at radius 2 is 2.13 bits per heavy atom. The third-order valence-electron chi connectivity index (χ3n) is 5.45. The zero-order valence-corrected chi connectivity index (χ0v) is 18.2. The summed E-state index contributed by atoms with van der Waals surface area (Å²) in [5.41, 5.74) is 1.25. The highest BCUT2D eigenvalue weighted by Gasteiger charge is 2.39. The van der Waals surface area contributed by atoms with Crippen LogP contribution in [0.2, 0.25) is 0 Å². The number of halogens is 2. The molecular weight excluding hydrogens is 469 g/mol. The molecule has 1 aliphatic rings. The van der Waals surface area contributed by atoms with Crippen molar-refractivity contribution in [1.29, 1.82) is 0 Å². The van der Waals surface area contributed by atoms with Gasteiger partial charge in [0, 0.05) is 12.4 Å². The van der Waals surface area contributed by atoms with E-state index in [1.165, 1.54) is 18.6 Å². The predicted molar refractivity (Wildman–Crippen MR) is 114 cm³/mol. The van der Waals surface area contributed by atoms with Crippen LogP contribution in [-0.4, -0.2) is 54.0 Å². The molecule has 2 aromatic heterocycles. The first kappa shape index (κ1) is 21.5. The van der Waals surface area contributed by atoms with Crippen molar-refractivity contribution in [2.45, 2.75) is 38.1 Å². The van der Waals surface area contributed by atoms with Crippen LogP contribution < -0.4 is 5.32 Å². The van der Waals surface area contributed by atoms with Gasteiger partial charge >= 0.3 is 0 Å². The van der Waals surface area contributed by atoms with E-state index in [-0.39, 0.29) is 34.6 Å². The minimum Gasteiger partial charge on any atom is -0.390 e. The summed E-state index contributed by atoms with van der Waals surface area (Å²) in [6.07, 6.45) is 3.13. The van der Waals surface area contributed by atoms with Crippen molar-refractivity contribution in [2.24, 2.45) is 5.92 Å². The largest absolute Gasteiger partial charge is 0.390 e. The minimum atomic E-state index is -0.956. The quantitative estimate of drug-likeness (QED) is 0.455. The monoisotopic (exact) mass is 489 g/mol. The highest BCUT2D eigenvalue weighted by atomic mass is 79.9. The summed E-state index contributed by atoms with van der Waals surface area (Å²) in [7, 11) is 0. The Morgan fingerprint density at radius 3 is 2.84 bits per heavy atom. The number of ketones is 1. The van der Waals surface area contributed by atoms with Crippen molar-refractivity contribution in [1.82, 2.24) is 19.7 Å². The number of anilines is 1. The molecule has 0 amide bonds. The Bertz CT molecular complexity index is 1110. The fraction of sp³-hybridized carbons (Fsp3) is 0.333. The van der Waals surface area contributed by atoms with Crippen molar-refractivity contribution < 1.29 is 19.4 Å². The number of carbonyl (C=O) groups excluding carboxylic acids is 1. The summed E-state index contributed by atoms with van der Waals surface area (Å²) >= 11 is 3.16. The molecule has 1 saturated carbocycles. The van der Waals surface area contributed by atoms with Crippen LogP contribution in [0.4, 0.5) is 10.2 Å². The van der Waals surface area contributed by atoms with Gasteiger partial charge in [0.2, 0.25) is 5.78 Å². The van der Waals surface area contributed by atoms with Crippen molar-refractivity contribution in [3.63, 3.8) is 0 Å². The van der Waals surface area contributed by atoms with Crippen LogP contribution in [0.1, 0.15) is 35.0 Å². The number of benzene rings is 1. The Kier molecular flexibility index (Phi) is 6.12. The van der Waals surface area contributed by atoms with Gasteiger partial charge in [-0.25, -0.2) is 14.4 Å². The lowest BCUT2D eigenvalue weighted by Gasteiger charge is -2.19. The minimum absolute atomic E-state index is 0.0734. The highest BCUT2D eigenvalue weighted by molar-refractivity contribution is 9.10. The topological polar surface area (TPSA) is 113 Å². The summed E-state index contributed by atoms with van der Waals surface area (Å²) in [5, 5.41) is 27.6. The Balaban J connectivity index is 1.52. The van der Waals surface area contributed by atoms with Crippen LogP contribution in [0.15, 0.2) is 47.5 Å². The second-order valence-corrected chi connectivity index (χ2v) is 8.56. The maximum atomic E-state index is 13.4. The van der Waals surface area contributed by atoms with Gasteiger partial charge < -0.3 is 15.5 Å². The number of nitrogens with one attached hydrogen (secondary N) is 1. The summed E-state index contributed by atoms with van der Waals surface area (Å²) in [4.78, 5) is 21.2. The van der Waals surface area contributed by atoms with Crippen LogP contribution in [0.3, 0.4) is 0 Å². The fourth-order valence-electron chi connectivity index (χ4n) is 3.72. The molecular formula is C21H21BrFN5O3. The van der Waals surface area contributed by atoms with Crippen LogP contribution in [0.5, 0.6) is 0 Å². The lowest BCUT2D eigenvalue weighted by Crippen LogP contribution is -2.35. The zero-order chi connectivity index (χ0) is 22.1. The molecule has 31 heavy (non-hydrogen) atoms. The maximum absolute atomic E-state index is 13.4. The molecule has 2 heterocycles. The van der Waals surface area contributed by atoms with E-state index >= 15 is 0 Å². The number of carbonyl (C=O) groups is 1. The van der Waals surface area contributed by atoms with E-state index in [2.05, 4.69) is 36.3 Å². The third-order valence-corrected chi connectivity index (χ3v) is 6.06. The molecule has 8 nitrogen and oxygen atoms in total. The first-order valence-electron chi connectivity index (χ1n) is 9.78. The molecule has 0 saturated heterocycles. The third kappa shape index (κ3) is 4.51. The fourth-order valence-corrected chi connectivity index (χ4v) is 4.14. The molecule has 0 spiro atoms. The van der Waals surface area contributed by atoms with Gasteiger partial charge in [-0.1, -0.05) is 13.0 Å². The van der Waals surface area contributed by atoms with Gasteiger partial charge in [0.05, 0.1) is 28.7 Å². The molecule has 0 unspecified atom stereocenters. The molecule has 4 atom stereocenters. The lowest BCUT2D eigenvalue weighted by atomic mass is 10.1. The van der Waals surface area contributed by atoms with Gasteiger partial charge in [-0.15, -0.1) is 0 Å². The SMILES string of the molecule is C[C@@H]1C[C@@H](Nc2ncncc2C(=O)c2ccn(Cc3ccc(F)c(Br)c3)n2)[C@H](O)[C@@H]1O. The van der Waals surface area contributed by atoms with Crippen LogP contribution >= 0.6 is 15.9 Å². The van der Waals surface area contributed by atoms with Crippen LogP contribution in [0.25, 0.3) is 0 Å². The normalized spacial score (nSPS) is 23.1. The molecule has 1 aromatic carbocycles. The molecule has 0 aliphatic heterocycles. The van der Waals surface area contributed by atoms with Crippen molar-refractivity contribution >= 4 is 27.5 Å². The lowest BCUT2D eigenvalue weighted by molar-refractivity contribution is 0.0210. The van der Waals surface area contributed by atoms with Gasteiger partial charge in [-0.2, -0.15) is 5.10 Å². The second-order valence-electron chi connectivity index (χ2n) is 7.71. The number of aromatic nitrogens is 4. The molecule has 1 aliphatic carbocycles.